The summed E-state index contributed by atoms with van der Waals surface area (Å²) >= 11 is 1.31. The van der Waals surface area contributed by atoms with E-state index in [1.807, 2.05) is 24.3 Å². The SMILES string of the molecule is Cc1nc(C(=O)N2CCC(NS(=O)(=O)c3cn(C)cn3)CC2C(=O)NC(Cc2c[nH]c3ccccc23)C(N)=O)cs1. The third-order valence-electron chi connectivity index (χ3n) is 7.04. The highest BCUT2D eigenvalue weighted by atomic mass is 32.2. The van der Waals surface area contributed by atoms with Gasteiger partial charge in [-0.3, -0.25) is 14.4 Å². The predicted molar refractivity (Wildman–Crippen MR) is 151 cm³/mol. The van der Waals surface area contributed by atoms with E-state index in [1.165, 1.54) is 33.3 Å². The van der Waals surface area contributed by atoms with Crippen LogP contribution in [0, 0.1) is 6.92 Å². The normalized spacial score (nSPS) is 18.3. The predicted octanol–water partition coefficient (Wildman–Crippen LogP) is 0.831. The van der Waals surface area contributed by atoms with Gasteiger partial charge in [-0.1, -0.05) is 18.2 Å². The number of H-pyrrole nitrogens is 1. The lowest BCUT2D eigenvalue weighted by Gasteiger charge is -2.38. The second-order valence-corrected chi connectivity index (χ2v) is 12.7. The molecule has 5 rings (SSSR count). The molecule has 1 aliphatic rings. The van der Waals surface area contributed by atoms with Gasteiger partial charge >= 0.3 is 0 Å². The first-order chi connectivity index (χ1) is 19.5. The first kappa shape index (κ1) is 28.4. The summed E-state index contributed by atoms with van der Waals surface area (Å²) in [5.74, 6) is -1.80. The highest BCUT2D eigenvalue weighted by Crippen LogP contribution is 2.24. The number of thiazole rings is 1. The molecule has 0 bridgehead atoms. The van der Waals surface area contributed by atoms with E-state index in [2.05, 4.69) is 25.0 Å². The average Bonchev–Trinajstić information content (AvgIpc) is 3.68. The Kier molecular flexibility index (Phi) is 7.93. The van der Waals surface area contributed by atoms with Gasteiger partial charge in [0.05, 0.1) is 11.3 Å². The molecule has 4 heterocycles. The minimum Gasteiger partial charge on any atom is -0.368 e. The molecule has 3 aromatic heterocycles. The maximum Gasteiger partial charge on any atom is 0.274 e. The van der Waals surface area contributed by atoms with Crippen molar-refractivity contribution in [1.82, 2.24) is 34.5 Å². The van der Waals surface area contributed by atoms with Crippen LogP contribution in [0.3, 0.4) is 0 Å². The second-order valence-electron chi connectivity index (χ2n) is 10.0. The summed E-state index contributed by atoms with van der Waals surface area (Å²) in [6.07, 6.45) is 4.88. The van der Waals surface area contributed by atoms with Gasteiger partial charge in [-0.15, -0.1) is 11.3 Å². The van der Waals surface area contributed by atoms with Crippen molar-refractivity contribution >= 4 is 50.0 Å². The largest absolute Gasteiger partial charge is 0.368 e. The summed E-state index contributed by atoms with van der Waals surface area (Å²) in [7, 11) is -2.32. The number of sulfonamides is 1. The molecule has 4 aromatic rings. The lowest BCUT2D eigenvalue weighted by atomic mass is 9.96. The van der Waals surface area contributed by atoms with Crippen LogP contribution in [0.25, 0.3) is 10.9 Å². The Labute approximate surface area is 240 Å². The van der Waals surface area contributed by atoms with E-state index in [0.717, 1.165) is 16.5 Å². The summed E-state index contributed by atoms with van der Waals surface area (Å²) in [5.41, 5.74) is 7.55. The van der Waals surface area contributed by atoms with Gasteiger partial charge in [-0.2, -0.15) is 0 Å². The van der Waals surface area contributed by atoms with E-state index in [9.17, 15) is 22.8 Å². The number of hydrogen-bond donors (Lipinski definition) is 4. The number of hydrogen-bond acceptors (Lipinski definition) is 8. The van der Waals surface area contributed by atoms with Crippen LogP contribution >= 0.6 is 11.3 Å². The van der Waals surface area contributed by atoms with Crippen LogP contribution in [0.5, 0.6) is 0 Å². The Balaban J connectivity index is 1.38. The molecule has 0 spiro atoms. The van der Waals surface area contributed by atoms with Crippen LogP contribution in [-0.4, -0.2) is 75.2 Å². The number of fused-ring (bicyclic) bond motifs is 1. The molecule has 3 atom stereocenters. The molecule has 1 saturated heterocycles. The molecule has 41 heavy (non-hydrogen) atoms. The molecule has 15 heteroatoms. The zero-order valence-corrected chi connectivity index (χ0v) is 24.0. The molecular weight excluding hydrogens is 568 g/mol. The number of rotatable bonds is 9. The van der Waals surface area contributed by atoms with Gasteiger partial charge in [-0.25, -0.2) is 23.1 Å². The molecule has 1 fully saturated rings. The number of aromatic nitrogens is 4. The molecule has 0 radical (unpaired) electrons. The van der Waals surface area contributed by atoms with Crippen LogP contribution < -0.4 is 15.8 Å². The molecule has 0 aliphatic carbocycles. The fourth-order valence-electron chi connectivity index (χ4n) is 4.99. The van der Waals surface area contributed by atoms with Crippen LogP contribution in [0.1, 0.15) is 33.9 Å². The topological polar surface area (TPSA) is 185 Å². The van der Waals surface area contributed by atoms with Crippen molar-refractivity contribution in [3.8, 4) is 0 Å². The minimum absolute atomic E-state index is 0.0225. The van der Waals surface area contributed by atoms with Gasteiger partial charge in [0.25, 0.3) is 15.9 Å². The quantitative estimate of drug-likeness (QED) is 0.220. The van der Waals surface area contributed by atoms with Gasteiger partial charge in [0.2, 0.25) is 11.8 Å². The average molecular weight is 599 g/mol. The van der Waals surface area contributed by atoms with Crippen molar-refractivity contribution in [1.29, 1.82) is 0 Å². The summed E-state index contributed by atoms with van der Waals surface area (Å²) in [4.78, 5) is 52.2. The van der Waals surface area contributed by atoms with Gasteiger partial charge in [0.15, 0.2) is 5.03 Å². The van der Waals surface area contributed by atoms with Crippen LogP contribution in [0.4, 0.5) is 0 Å². The fourth-order valence-corrected chi connectivity index (χ4v) is 6.84. The number of aryl methyl sites for hydroxylation is 2. The van der Waals surface area contributed by atoms with Gasteiger partial charge in [0.1, 0.15) is 17.8 Å². The Morgan fingerprint density at radius 3 is 2.73 bits per heavy atom. The van der Waals surface area contributed by atoms with Gasteiger partial charge in [-0.05, 0) is 31.4 Å². The molecule has 5 N–H and O–H groups in total. The fraction of sp³-hybridized carbons (Fsp3) is 0.346. The van der Waals surface area contributed by atoms with E-state index >= 15 is 0 Å². The summed E-state index contributed by atoms with van der Waals surface area (Å²) in [6, 6.07) is 4.73. The van der Waals surface area contributed by atoms with E-state index in [1.54, 1.807) is 25.5 Å². The number of aromatic amines is 1. The van der Waals surface area contributed by atoms with Crippen LogP contribution in [0.15, 0.2) is 53.4 Å². The number of amides is 3. The number of likely N-dealkylation sites (tertiary alicyclic amines) is 1. The van der Waals surface area contributed by atoms with E-state index in [4.69, 9.17) is 5.73 Å². The maximum absolute atomic E-state index is 13.7. The zero-order valence-electron chi connectivity index (χ0n) is 22.4. The van der Waals surface area contributed by atoms with E-state index in [0.29, 0.717) is 5.01 Å². The number of imidazole rings is 1. The van der Waals surface area contributed by atoms with Crippen molar-refractivity contribution in [2.45, 2.75) is 49.3 Å². The van der Waals surface area contributed by atoms with Crippen LogP contribution in [-0.2, 0) is 33.1 Å². The van der Waals surface area contributed by atoms with E-state index < -0.39 is 45.9 Å². The molecule has 216 valence electrons. The van der Waals surface area contributed by atoms with Gasteiger partial charge < -0.3 is 25.5 Å². The van der Waals surface area contributed by atoms with Crippen molar-refractivity contribution in [3.63, 3.8) is 0 Å². The molecule has 1 aliphatic heterocycles. The third-order valence-corrected chi connectivity index (χ3v) is 9.22. The molecule has 1 aromatic carbocycles. The monoisotopic (exact) mass is 598 g/mol. The highest BCUT2D eigenvalue weighted by molar-refractivity contribution is 7.89. The molecular formula is C26H30N8O5S2. The Hall–Kier alpha value is -4.08. The lowest BCUT2D eigenvalue weighted by molar-refractivity contribution is -0.131. The lowest BCUT2D eigenvalue weighted by Crippen LogP contribution is -2.59. The summed E-state index contributed by atoms with van der Waals surface area (Å²) in [6.45, 7) is 1.86. The van der Waals surface area contributed by atoms with E-state index in [-0.39, 0.29) is 36.5 Å². The first-order valence-corrected chi connectivity index (χ1v) is 15.3. The van der Waals surface area contributed by atoms with Gasteiger partial charge in [0, 0.05) is 54.7 Å². The molecule has 3 unspecified atom stereocenters. The summed E-state index contributed by atoms with van der Waals surface area (Å²) < 4.78 is 30.0. The number of nitrogens with one attached hydrogen (secondary N) is 3. The molecule has 3 amide bonds. The Bertz CT molecular complexity index is 1710. The second kappa shape index (κ2) is 11.4. The summed E-state index contributed by atoms with van der Waals surface area (Å²) in [5, 5.41) is 5.77. The number of nitrogens with two attached hydrogens (primary N) is 1. The number of para-hydroxylation sites is 1. The zero-order chi connectivity index (χ0) is 29.3. The first-order valence-electron chi connectivity index (χ1n) is 12.9. The van der Waals surface area contributed by atoms with Crippen molar-refractivity contribution in [2.75, 3.05) is 6.54 Å². The number of piperidine rings is 1. The van der Waals surface area contributed by atoms with Crippen molar-refractivity contribution < 1.29 is 22.8 Å². The number of primary amides is 1. The highest BCUT2D eigenvalue weighted by Gasteiger charge is 2.40. The standard InChI is InChI=1S/C26H30N8O5S2/c1-15-30-21(13-40-15)26(37)34-8-7-17(32-41(38,39)23-12-33(2)14-29-23)10-22(34)25(36)31-20(24(27)35)9-16-11-28-19-6-4-3-5-18(16)19/h3-6,11-14,17,20,22,28,32H,7-10H2,1-2H3,(H2,27,35)(H,31,36). The number of carbonyl (C=O) groups is 3. The molecule has 0 saturated carbocycles. The number of benzene rings is 1. The third kappa shape index (κ3) is 6.16. The number of nitrogens with zero attached hydrogens (tertiary/aromatic N) is 4. The maximum atomic E-state index is 13.7. The van der Waals surface area contributed by atoms with Crippen LogP contribution in [0.2, 0.25) is 0 Å². The smallest absolute Gasteiger partial charge is 0.274 e. The Morgan fingerprint density at radius 2 is 2.05 bits per heavy atom. The number of carbonyl (C=O) groups excluding carboxylic acids is 3. The van der Waals surface area contributed by atoms with Crippen molar-refractivity contribution in [2.24, 2.45) is 12.8 Å². The Morgan fingerprint density at radius 1 is 1.27 bits per heavy atom. The minimum atomic E-state index is -3.97. The molecule has 13 nitrogen and oxygen atoms in total. The van der Waals surface area contributed by atoms with Crippen molar-refractivity contribution in [3.05, 3.63) is 64.6 Å².